The Hall–Kier alpha value is -0.200. The van der Waals surface area contributed by atoms with E-state index >= 15 is 0 Å². The van der Waals surface area contributed by atoms with Gasteiger partial charge in [0, 0.05) is 19.7 Å². The Morgan fingerprint density at radius 3 is 2.53 bits per heavy atom. The van der Waals surface area contributed by atoms with Crippen molar-refractivity contribution in [2.24, 2.45) is 0 Å². The van der Waals surface area contributed by atoms with Gasteiger partial charge in [0.05, 0.1) is 32.5 Å². The average molecular weight is 220 g/mol. The predicted octanol–water partition coefficient (Wildman–Crippen LogP) is -0.861. The predicted molar refractivity (Wildman–Crippen MR) is 57.6 cm³/mol. The van der Waals surface area contributed by atoms with E-state index in [0.717, 1.165) is 6.54 Å². The molecule has 0 rings (SSSR count). The summed E-state index contributed by atoms with van der Waals surface area (Å²) >= 11 is 0. The molecule has 0 aromatic carbocycles. The maximum absolute atomic E-state index is 9.14. The average Bonchev–Trinajstić information content (AvgIpc) is 2.23. The molecule has 0 bridgehead atoms. The minimum Gasteiger partial charge on any atom is -0.394 e. The third-order valence-corrected chi connectivity index (χ3v) is 1.87. The number of aliphatic hydroxyl groups is 2. The summed E-state index contributed by atoms with van der Waals surface area (Å²) in [6, 6.07) is 0. The van der Waals surface area contributed by atoms with E-state index in [1.54, 1.807) is 0 Å². The first-order valence-corrected chi connectivity index (χ1v) is 5.13. The van der Waals surface area contributed by atoms with Gasteiger partial charge in [-0.2, -0.15) is 0 Å². The molecule has 2 N–H and O–H groups in total. The van der Waals surface area contributed by atoms with Crippen molar-refractivity contribution in [3.63, 3.8) is 0 Å². The van der Waals surface area contributed by atoms with E-state index in [1.807, 2.05) is 11.9 Å². The molecule has 0 aliphatic heterocycles. The highest BCUT2D eigenvalue weighted by Crippen LogP contribution is 1.88. The molecule has 0 aromatic heterocycles. The number of ether oxygens (including phenoxy) is 2. The maximum atomic E-state index is 9.14. The van der Waals surface area contributed by atoms with Crippen molar-refractivity contribution in [2.75, 3.05) is 53.2 Å². The van der Waals surface area contributed by atoms with Gasteiger partial charge in [-0.05, 0) is 14.0 Å². The molecule has 0 amide bonds. The maximum Gasteiger partial charge on any atom is 0.0897 e. The van der Waals surface area contributed by atoms with Crippen LogP contribution in [0.4, 0.5) is 0 Å². The summed E-state index contributed by atoms with van der Waals surface area (Å²) in [6.07, 6.45) is -0.676. The lowest BCUT2D eigenvalue weighted by Crippen LogP contribution is -2.33. The van der Waals surface area contributed by atoms with Crippen LogP contribution in [0.5, 0.6) is 0 Å². The zero-order chi connectivity index (χ0) is 11.5. The second-order valence-corrected chi connectivity index (χ2v) is 3.32. The summed E-state index contributed by atoms with van der Waals surface area (Å²) in [5.41, 5.74) is 0. The first-order valence-electron chi connectivity index (χ1n) is 5.13. The van der Waals surface area contributed by atoms with E-state index in [4.69, 9.17) is 19.7 Å². The van der Waals surface area contributed by atoms with Crippen molar-refractivity contribution in [3.05, 3.63) is 6.92 Å². The van der Waals surface area contributed by atoms with Crippen LogP contribution in [0.3, 0.4) is 0 Å². The largest absolute Gasteiger partial charge is 0.394 e. The van der Waals surface area contributed by atoms with Crippen molar-refractivity contribution >= 4 is 0 Å². The first-order chi connectivity index (χ1) is 7.20. The van der Waals surface area contributed by atoms with Crippen LogP contribution in [-0.2, 0) is 9.47 Å². The Morgan fingerprint density at radius 2 is 1.93 bits per heavy atom. The van der Waals surface area contributed by atoms with Crippen LogP contribution in [0, 0.1) is 6.92 Å². The Balaban J connectivity index is 3.20. The van der Waals surface area contributed by atoms with Gasteiger partial charge in [0.2, 0.25) is 0 Å². The van der Waals surface area contributed by atoms with Crippen molar-refractivity contribution in [3.8, 4) is 0 Å². The fourth-order valence-corrected chi connectivity index (χ4v) is 1.05. The molecule has 0 aliphatic carbocycles. The molecule has 1 atom stereocenters. The number of hydrogen-bond acceptors (Lipinski definition) is 5. The van der Waals surface area contributed by atoms with Gasteiger partial charge in [-0.25, -0.2) is 0 Å². The highest BCUT2D eigenvalue weighted by Gasteiger charge is 2.05. The molecule has 0 heterocycles. The van der Waals surface area contributed by atoms with Crippen LogP contribution in [0.15, 0.2) is 0 Å². The SMILES string of the molecule is [CH2]COCCOCCN(C)CC(O)CO. The number of likely N-dealkylation sites (N-methyl/N-ethyl adjacent to an activating group) is 1. The third kappa shape index (κ3) is 10.1. The second kappa shape index (κ2) is 10.3. The van der Waals surface area contributed by atoms with Gasteiger partial charge < -0.3 is 24.6 Å². The van der Waals surface area contributed by atoms with Gasteiger partial charge in [-0.3, -0.25) is 0 Å². The molecule has 0 saturated carbocycles. The van der Waals surface area contributed by atoms with Crippen LogP contribution >= 0.6 is 0 Å². The van der Waals surface area contributed by atoms with Crippen LogP contribution in [-0.4, -0.2) is 74.4 Å². The quantitative estimate of drug-likeness (QED) is 0.469. The van der Waals surface area contributed by atoms with Gasteiger partial charge >= 0.3 is 0 Å². The molecular formula is C10H22NO4. The van der Waals surface area contributed by atoms with E-state index in [9.17, 15) is 0 Å². The van der Waals surface area contributed by atoms with E-state index < -0.39 is 6.10 Å². The molecule has 1 radical (unpaired) electrons. The van der Waals surface area contributed by atoms with Crippen LogP contribution < -0.4 is 0 Å². The molecule has 0 fully saturated rings. The lowest BCUT2D eigenvalue weighted by atomic mass is 10.3. The van der Waals surface area contributed by atoms with Gasteiger partial charge in [0.1, 0.15) is 0 Å². The van der Waals surface area contributed by atoms with Gasteiger partial charge in [0.15, 0.2) is 0 Å². The normalized spacial score (nSPS) is 13.4. The van der Waals surface area contributed by atoms with Gasteiger partial charge in [-0.1, -0.05) is 0 Å². The standard InChI is InChI=1S/C10H22NO4/c1-3-14-6-7-15-5-4-11(2)8-10(13)9-12/h10,12-13H,1,3-9H2,2H3. The summed E-state index contributed by atoms with van der Waals surface area (Å²) in [5.74, 6) is 0. The monoisotopic (exact) mass is 220 g/mol. The van der Waals surface area contributed by atoms with Gasteiger partial charge in [0.25, 0.3) is 0 Å². The molecule has 0 spiro atoms. The van der Waals surface area contributed by atoms with Gasteiger partial charge in [-0.15, -0.1) is 0 Å². The summed E-state index contributed by atoms with van der Waals surface area (Å²) < 4.78 is 10.3. The first kappa shape index (κ1) is 14.8. The molecular weight excluding hydrogens is 198 g/mol. The van der Waals surface area contributed by atoms with Crippen LogP contribution in [0.25, 0.3) is 0 Å². The number of rotatable bonds is 10. The van der Waals surface area contributed by atoms with Crippen molar-refractivity contribution in [2.45, 2.75) is 6.10 Å². The highest BCUT2D eigenvalue weighted by molar-refractivity contribution is 4.59. The fraction of sp³-hybridized carbons (Fsp3) is 0.900. The summed E-state index contributed by atoms with van der Waals surface area (Å²) in [7, 11) is 1.87. The van der Waals surface area contributed by atoms with Crippen molar-refractivity contribution in [1.29, 1.82) is 0 Å². The Labute approximate surface area is 91.6 Å². The number of aliphatic hydroxyl groups excluding tert-OH is 2. The highest BCUT2D eigenvalue weighted by atomic mass is 16.5. The molecule has 91 valence electrons. The van der Waals surface area contributed by atoms with E-state index in [0.29, 0.717) is 33.0 Å². The van der Waals surface area contributed by atoms with Crippen molar-refractivity contribution in [1.82, 2.24) is 4.90 Å². The summed E-state index contributed by atoms with van der Waals surface area (Å²) in [5, 5.41) is 17.8. The molecule has 1 unspecified atom stereocenters. The molecule has 0 saturated heterocycles. The number of hydrogen-bond donors (Lipinski definition) is 2. The summed E-state index contributed by atoms with van der Waals surface area (Å²) in [4.78, 5) is 1.91. The Bertz CT molecular complexity index is 135. The summed E-state index contributed by atoms with van der Waals surface area (Å²) in [6.45, 7) is 6.69. The minimum absolute atomic E-state index is 0.206. The smallest absolute Gasteiger partial charge is 0.0897 e. The minimum atomic E-state index is -0.676. The fourth-order valence-electron chi connectivity index (χ4n) is 1.05. The lowest BCUT2D eigenvalue weighted by Gasteiger charge is -2.19. The zero-order valence-electron chi connectivity index (χ0n) is 9.39. The zero-order valence-corrected chi connectivity index (χ0v) is 9.39. The lowest BCUT2D eigenvalue weighted by molar-refractivity contribution is 0.0342. The molecule has 5 nitrogen and oxygen atoms in total. The van der Waals surface area contributed by atoms with Crippen LogP contribution in [0.1, 0.15) is 0 Å². The van der Waals surface area contributed by atoms with E-state index in [2.05, 4.69) is 6.92 Å². The Kier molecular flexibility index (Phi) is 10.2. The van der Waals surface area contributed by atoms with E-state index in [1.165, 1.54) is 0 Å². The van der Waals surface area contributed by atoms with Crippen molar-refractivity contribution < 1.29 is 19.7 Å². The molecule has 15 heavy (non-hydrogen) atoms. The molecule has 5 heteroatoms. The van der Waals surface area contributed by atoms with Crippen LogP contribution in [0.2, 0.25) is 0 Å². The Morgan fingerprint density at radius 1 is 1.27 bits per heavy atom. The third-order valence-electron chi connectivity index (χ3n) is 1.87. The van der Waals surface area contributed by atoms with E-state index in [-0.39, 0.29) is 6.61 Å². The molecule has 0 aliphatic rings. The topological polar surface area (TPSA) is 62.2 Å². The second-order valence-electron chi connectivity index (χ2n) is 3.32. The molecule has 0 aromatic rings. The number of nitrogens with zero attached hydrogens (tertiary/aromatic N) is 1.